The lowest BCUT2D eigenvalue weighted by Gasteiger charge is -2.31. The highest BCUT2D eigenvalue weighted by Crippen LogP contribution is 2.63. The smallest absolute Gasteiger partial charge is 0.178 e. The topological polar surface area (TPSA) is 26.3 Å². The zero-order valence-electron chi connectivity index (χ0n) is 33.9. The van der Waals surface area contributed by atoms with Crippen molar-refractivity contribution in [2.75, 3.05) is 0 Å². The van der Waals surface area contributed by atoms with Gasteiger partial charge in [-0.3, -0.25) is 0 Å². The maximum atomic E-state index is 6.57. The zero-order valence-corrected chi connectivity index (χ0v) is 33.9. The van der Waals surface area contributed by atoms with Gasteiger partial charge in [-0.1, -0.05) is 158 Å². The minimum atomic E-state index is -0.497. The molecule has 0 saturated carbocycles. The first-order chi connectivity index (χ1) is 31.2. The number of hydrogen-bond acceptors (Lipinski definition) is 2. The van der Waals surface area contributed by atoms with Crippen LogP contribution in [0.1, 0.15) is 22.3 Å². The van der Waals surface area contributed by atoms with Gasteiger partial charge in [-0.15, -0.1) is 0 Å². The fraction of sp³-hybridized carbons (Fsp3) is 0.0164. The van der Waals surface area contributed by atoms with E-state index in [4.69, 9.17) is 8.83 Å². The summed E-state index contributed by atoms with van der Waals surface area (Å²) in [5.74, 6) is 0. The molecule has 290 valence electrons. The standard InChI is InChI=1S/C61H34O2/c1-2-13-41-39(11-1)40-12-3-4-14-42(40)51-31-35(21-25-43(41)51)37-22-26-46-47-27-23-38(34-56(47)61(55(46)33-37)53-18-8-5-15-44(53)45-16-6-9-19-54(45)61)36-24-30-58-52(32-36)50-29-28-49-48-17-7-10-20-57(48)62-59(49)60(50)63-58/h1-34H. The second-order valence-electron chi connectivity index (χ2n) is 17.4. The van der Waals surface area contributed by atoms with Gasteiger partial charge in [0.25, 0.3) is 0 Å². The second kappa shape index (κ2) is 12.0. The molecule has 2 heteroatoms. The van der Waals surface area contributed by atoms with E-state index in [2.05, 4.69) is 194 Å². The van der Waals surface area contributed by atoms with E-state index < -0.39 is 5.41 Å². The Morgan fingerprint density at radius 1 is 0.238 bits per heavy atom. The molecule has 1 spiro atoms. The number of rotatable bonds is 2. The highest BCUT2D eigenvalue weighted by atomic mass is 16.4. The maximum absolute atomic E-state index is 6.57. The zero-order chi connectivity index (χ0) is 41.0. The number of fused-ring (bicyclic) bond motifs is 23. The van der Waals surface area contributed by atoms with E-state index in [0.29, 0.717) is 0 Å². The number of furan rings is 2. The van der Waals surface area contributed by atoms with Crippen LogP contribution in [0.5, 0.6) is 0 Å². The summed E-state index contributed by atoms with van der Waals surface area (Å²) in [4.78, 5) is 0. The Labute approximate surface area is 361 Å². The molecule has 11 aromatic carbocycles. The molecule has 2 heterocycles. The molecule has 2 nitrogen and oxygen atoms in total. The summed E-state index contributed by atoms with van der Waals surface area (Å²) in [6.07, 6.45) is 0. The molecule has 0 atom stereocenters. The normalized spacial score (nSPS) is 13.5. The molecule has 0 unspecified atom stereocenters. The van der Waals surface area contributed by atoms with Crippen molar-refractivity contribution in [2.24, 2.45) is 0 Å². The van der Waals surface area contributed by atoms with Crippen LogP contribution in [0.25, 0.3) is 121 Å². The lowest BCUT2D eigenvalue weighted by molar-refractivity contribution is 0.633. The molecule has 13 aromatic rings. The highest BCUT2D eigenvalue weighted by Gasteiger charge is 2.51. The Morgan fingerprint density at radius 3 is 1.22 bits per heavy atom. The van der Waals surface area contributed by atoms with E-state index in [1.165, 1.54) is 93.5 Å². The quantitative estimate of drug-likeness (QED) is 0.163. The Hall–Kier alpha value is -8.20. The SMILES string of the molecule is c1ccc2c(c1)-c1ccccc1C21c2cc(-c3ccc4oc5c(ccc6c7ccccc7oc65)c4c3)ccc2-c2ccc(-c3ccc4c5ccccc5c5ccccc5c4c3)cc21. The summed E-state index contributed by atoms with van der Waals surface area (Å²) in [5.41, 5.74) is 18.1. The van der Waals surface area contributed by atoms with Crippen molar-refractivity contribution in [3.63, 3.8) is 0 Å². The van der Waals surface area contributed by atoms with Crippen LogP contribution in [-0.2, 0) is 5.41 Å². The molecular formula is C61H34O2. The summed E-state index contributed by atoms with van der Waals surface area (Å²) >= 11 is 0. The van der Waals surface area contributed by atoms with E-state index in [9.17, 15) is 0 Å². The van der Waals surface area contributed by atoms with E-state index >= 15 is 0 Å². The number of para-hydroxylation sites is 1. The predicted octanol–water partition coefficient (Wildman–Crippen LogP) is 16.6. The third-order valence-electron chi connectivity index (χ3n) is 14.5. The first kappa shape index (κ1) is 33.5. The Bertz CT molecular complexity index is 4080. The van der Waals surface area contributed by atoms with Gasteiger partial charge in [0.2, 0.25) is 0 Å². The highest BCUT2D eigenvalue weighted by molar-refractivity contribution is 6.26. The van der Waals surface area contributed by atoms with Crippen molar-refractivity contribution in [3.05, 3.63) is 229 Å². The van der Waals surface area contributed by atoms with Gasteiger partial charge >= 0.3 is 0 Å². The number of benzene rings is 11. The maximum Gasteiger partial charge on any atom is 0.178 e. The van der Waals surface area contributed by atoms with Gasteiger partial charge in [0, 0.05) is 21.5 Å². The van der Waals surface area contributed by atoms with Gasteiger partial charge < -0.3 is 8.83 Å². The molecule has 0 bridgehead atoms. The minimum Gasteiger partial charge on any atom is -0.452 e. The van der Waals surface area contributed by atoms with Crippen LogP contribution < -0.4 is 0 Å². The summed E-state index contributed by atoms with van der Waals surface area (Å²) in [7, 11) is 0. The van der Waals surface area contributed by atoms with Gasteiger partial charge in [0.05, 0.1) is 5.41 Å². The van der Waals surface area contributed by atoms with Crippen molar-refractivity contribution < 1.29 is 8.83 Å². The third kappa shape index (κ3) is 4.27. The van der Waals surface area contributed by atoms with Crippen molar-refractivity contribution in [1.29, 1.82) is 0 Å². The molecule has 0 aliphatic heterocycles. The van der Waals surface area contributed by atoms with Crippen LogP contribution in [0.15, 0.2) is 215 Å². The second-order valence-corrected chi connectivity index (χ2v) is 17.4. The monoisotopic (exact) mass is 798 g/mol. The Balaban J connectivity index is 0.945. The third-order valence-corrected chi connectivity index (χ3v) is 14.5. The van der Waals surface area contributed by atoms with Crippen molar-refractivity contribution in [1.82, 2.24) is 0 Å². The Kier molecular flexibility index (Phi) is 6.38. The van der Waals surface area contributed by atoms with E-state index in [1.54, 1.807) is 0 Å². The van der Waals surface area contributed by atoms with E-state index in [1.807, 2.05) is 12.1 Å². The van der Waals surface area contributed by atoms with Crippen LogP contribution >= 0.6 is 0 Å². The Morgan fingerprint density at radius 2 is 0.619 bits per heavy atom. The summed E-state index contributed by atoms with van der Waals surface area (Å²) in [5, 5.41) is 12.1. The van der Waals surface area contributed by atoms with Gasteiger partial charge in [0.15, 0.2) is 11.2 Å². The fourth-order valence-corrected chi connectivity index (χ4v) is 11.8. The van der Waals surface area contributed by atoms with Crippen LogP contribution in [0.4, 0.5) is 0 Å². The fourth-order valence-electron chi connectivity index (χ4n) is 11.8. The van der Waals surface area contributed by atoms with Gasteiger partial charge in [-0.05, 0) is 148 Å². The first-order valence-electron chi connectivity index (χ1n) is 21.8. The average molecular weight is 799 g/mol. The molecule has 2 aliphatic rings. The van der Waals surface area contributed by atoms with Crippen LogP contribution in [0.2, 0.25) is 0 Å². The molecule has 15 rings (SSSR count). The summed E-state index contributed by atoms with van der Waals surface area (Å²) in [6.45, 7) is 0. The molecule has 0 radical (unpaired) electrons. The van der Waals surface area contributed by atoms with Gasteiger partial charge in [-0.25, -0.2) is 0 Å². The van der Waals surface area contributed by atoms with Crippen molar-refractivity contribution in [2.45, 2.75) is 5.41 Å². The lowest BCUT2D eigenvalue weighted by atomic mass is 9.70. The molecule has 0 fully saturated rings. The summed E-state index contributed by atoms with van der Waals surface area (Å²) < 4.78 is 13.0. The first-order valence-corrected chi connectivity index (χ1v) is 21.8. The molecule has 0 amide bonds. The molecular weight excluding hydrogens is 765 g/mol. The molecule has 0 N–H and O–H groups in total. The van der Waals surface area contributed by atoms with E-state index in [0.717, 1.165) is 49.4 Å². The number of hydrogen-bond donors (Lipinski definition) is 0. The van der Waals surface area contributed by atoms with Gasteiger partial charge in [0.1, 0.15) is 11.2 Å². The lowest BCUT2D eigenvalue weighted by Crippen LogP contribution is -2.26. The molecule has 0 saturated heterocycles. The predicted molar refractivity (Wildman–Crippen MR) is 261 cm³/mol. The van der Waals surface area contributed by atoms with Crippen molar-refractivity contribution in [3.8, 4) is 44.5 Å². The van der Waals surface area contributed by atoms with Gasteiger partial charge in [-0.2, -0.15) is 0 Å². The molecule has 63 heavy (non-hydrogen) atoms. The molecule has 2 aromatic heterocycles. The summed E-state index contributed by atoms with van der Waals surface area (Å²) in [6, 6.07) is 76.5. The van der Waals surface area contributed by atoms with E-state index in [-0.39, 0.29) is 0 Å². The minimum absolute atomic E-state index is 0.497. The van der Waals surface area contributed by atoms with Crippen molar-refractivity contribution >= 4 is 76.2 Å². The molecule has 2 aliphatic carbocycles. The van der Waals surface area contributed by atoms with Crippen LogP contribution in [0, 0.1) is 0 Å². The average Bonchev–Trinajstić information content (AvgIpc) is 4.09. The van der Waals surface area contributed by atoms with Crippen LogP contribution in [0.3, 0.4) is 0 Å². The largest absolute Gasteiger partial charge is 0.452 e. The van der Waals surface area contributed by atoms with Crippen LogP contribution in [-0.4, -0.2) is 0 Å².